The van der Waals surface area contributed by atoms with Crippen molar-refractivity contribution in [1.29, 1.82) is 0 Å². The molecule has 0 atom stereocenters. The Morgan fingerprint density at radius 1 is 1.24 bits per heavy atom. The minimum Gasteiger partial charge on any atom is -0.330 e. The lowest BCUT2D eigenvalue weighted by atomic mass is 10.3. The van der Waals surface area contributed by atoms with E-state index in [1.807, 2.05) is 0 Å². The molecule has 2 N–H and O–H groups in total. The Bertz CT molecular complexity index is 543. The predicted molar refractivity (Wildman–Crippen MR) is 81.3 cm³/mol. The zero-order valence-corrected chi connectivity index (χ0v) is 13.4. The summed E-state index contributed by atoms with van der Waals surface area (Å²) in [5, 5.41) is 3.95. The van der Waals surface area contributed by atoms with E-state index in [-0.39, 0.29) is 4.90 Å². The van der Waals surface area contributed by atoms with Crippen molar-refractivity contribution < 1.29 is 8.42 Å². The molecule has 0 unspecified atom stereocenters. The lowest BCUT2D eigenvalue weighted by Gasteiger charge is -2.21. The van der Waals surface area contributed by atoms with E-state index in [1.54, 1.807) is 17.5 Å². The molecule has 120 valence electrons. The standard InChI is InChI=1S/C13H25N5O2S/c1-16-12-13(11-15-16)21(19,20)18-8-4-7-17(9-10-18)6-3-2-5-14/h11-12H,2-10,14H2,1H3. The second kappa shape index (κ2) is 7.35. The van der Waals surface area contributed by atoms with Gasteiger partial charge in [-0.2, -0.15) is 9.40 Å². The van der Waals surface area contributed by atoms with Crippen LogP contribution in [0.1, 0.15) is 19.3 Å². The third-order valence-corrected chi connectivity index (χ3v) is 5.65. The molecule has 1 fully saturated rings. The zero-order chi connectivity index (χ0) is 15.3. The second-order valence-corrected chi connectivity index (χ2v) is 7.38. The SMILES string of the molecule is Cn1cc(S(=O)(=O)N2CCCN(CCCCN)CC2)cn1. The molecule has 1 saturated heterocycles. The number of unbranched alkanes of at least 4 members (excludes halogenated alkanes) is 1. The van der Waals surface area contributed by atoms with Crippen LogP contribution in [-0.4, -0.2) is 66.7 Å². The minimum absolute atomic E-state index is 0.279. The average Bonchev–Trinajstić information content (AvgIpc) is 2.75. The van der Waals surface area contributed by atoms with Crippen molar-refractivity contribution in [2.24, 2.45) is 12.8 Å². The van der Waals surface area contributed by atoms with Gasteiger partial charge in [0.05, 0.1) is 6.20 Å². The molecule has 1 aromatic rings. The normalized spacial score (nSPS) is 18.8. The molecule has 0 amide bonds. The van der Waals surface area contributed by atoms with Crippen LogP contribution in [-0.2, 0) is 17.1 Å². The number of aryl methyl sites for hydroxylation is 1. The molecule has 1 aromatic heterocycles. The number of rotatable bonds is 6. The minimum atomic E-state index is -3.41. The molecule has 2 rings (SSSR count). The number of hydrogen-bond acceptors (Lipinski definition) is 5. The molecule has 8 heteroatoms. The van der Waals surface area contributed by atoms with Gasteiger partial charge in [0, 0.05) is 32.9 Å². The number of sulfonamides is 1. The summed E-state index contributed by atoms with van der Waals surface area (Å²) in [4.78, 5) is 2.61. The Labute approximate surface area is 126 Å². The Morgan fingerprint density at radius 2 is 2.05 bits per heavy atom. The summed E-state index contributed by atoms with van der Waals surface area (Å²) in [5.74, 6) is 0. The molecule has 0 saturated carbocycles. The largest absolute Gasteiger partial charge is 0.330 e. The highest BCUT2D eigenvalue weighted by molar-refractivity contribution is 7.89. The molecular weight excluding hydrogens is 290 g/mol. The van der Waals surface area contributed by atoms with E-state index in [4.69, 9.17) is 5.73 Å². The highest BCUT2D eigenvalue weighted by Gasteiger charge is 2.27. The van der Waals surface area contributed by atoms with Gasteiger partial charge in [-0.1, -0.05) is 0 Å². The molecule has 0 aliphatic carbocycles. The highest BCUT2D eigenvalue weighted by atomic mass is 32.2. The van der Waals surface area contributed by atoms with E-state index in [0.717, 1.165) is 45.4 Å². The van der Waals surface area contributed by atoms with Crippen molar-refractivity contribution in [2.75, 3.05) is 39.3 Å². The van der Waals surface area contributed by atoms with Gasteiger partial charge in [0.2, 0.25) is 10.0 Å². The third-order valence-electron chi connectivity index (χ3n) is 3.79. The molecule has 0 bridgehead atoms. The number of aromatic nitrogens is 2. The van der Waals surface area contributed by atoms with E-state index in [9.17, 15) is 8.42 Å². The lowest BCUT2D eigenvalue weighted by molar-refractivity contribution is 0.281. The first-order chi connectivity index (χ1) is 10.0. The van der Waals surface area contributed by atoms with Gasteiger partial charge in [0.15, 0.2) is 0 Å². The van der Waals surface area contributed by atoms with E-state index in [0.29, 0.717) is 13.1 Å². The molecule has 1 aliphatic heterocycles. The van der Waals surface area contributed by atoms with Crippen molar-refractivity contribution in [1.82, 2.24) is 19.0 Å². The maximum Gasteiger partial charge on any atom is 0.246 e. The molecule has 0 spiro atoms. The molecular formula is C13H25N5O2S. The first-order valence-corrected chi connectivity index (χ1v) is 8.89. The fourth-order valence-electron chi connectivity index (χ4n) is 2.57. The monoisotopic (exact) mass is 315 g/mol. The molecule has 21 heavy (non-hydrogen) atoms. The topological polar surface area (TPSA) is 84.5 Å². The van der Waals surface area contributed by atoms with Gasteiger partial charge in [-0.25, -0.2) is 8.42 Å². The van der Waals surface area contributed by atoms with Gasteiger partial charge in [0.1, 0.15) is 4.90 Å². The summed E-state index contributed by atoms with van der Waals surface area (Å²) >= 11 is 0. The van der Waals surface area contributed by atoms with Gasteiger partial charge in [-0.05, 0) is 38.9 Å². The summed E-state index contributed by atoms with van der Waals surface area (Å²) in [6.07, 6.45) is 5.93. The maximum absolute atomic E-state index is 12.6. The fourth-order valence-corrected chi connectivity index (χ4v) is 4.03. The van der Waals surface area contributed by atoms with Crippen molar-refractivity contribution in [3.05, 3.63) is 12.4 Å². The van der Waals surface area contributed by atoms with Gasteiger partial charge in [0.25, 0.3) is 0 Å². The van der Waals surface area contributed by atoms with Gasteiger partial charge in [-0.3, -0.25) is 4.68 Å². The molecule has 2 heterocycles. The summed E-state index contributed by atoms with van der Waals surface area (Å²) in [7, 11) is -1.69. The van der Waals surface area contributed by atoms with Crippen LogP contribution in [0.2, 0.25) is 0 Å². The average molecular weight is 315 g/mol. The van der Waals surface area contributed by atoms with Crippen LogP contribution >= 0.6 is 0 Å². The van der Waals surface area contributed by atoms with Crippen LogP contribution in [0.4, 0.5) is 0 Å². The number of nitrogens with two attached hydrogens (primary N) is 1. The van der Waals surface area contributed by atoms with E-state index in [2.05, 4.69) is 10.00 Å². The highest BCUT2D eigenvalue weighted by Crippen LogP contribution is 2.17. The van der Waals surface area contributed by atoms with Crippen LogP contribution in [0, 0.1) is 0 Å². The van der Waals surface area contributed by atoms with E-state index < -0.39 is 10.0 Å². The van der Waals surface area contributed by atoms with Crippen LogP contribution in [0.15, 0.2) is 17.3 Å². The van der Waals surface area contributed by atoms with Gasteiger partial charge < -0.3 is 10.6 Å². The van der Waals surface area contributed by atoms with Crippen LogP contribution < -0.4 is 5.73 Å². The Kier molecular flexibility index (Phi) is 5.74. The predicted octanol–water partition coefficient (Wildman–Crippen LogP) is -0.145. The van der Waals surface area contributed by atoms with Crippen molar-refractivity contribution in [3.8, 4) is 0 Å². The quantitative estimate of drug-likeness (QED) is 0.738. The summed E-state index contributed by atoms with van der Waals surface area (Å²) in [5.41, 5.74) is 5.51. The Balaban J connectivity index is 1.96. The summed E-state index contributed by atoms with van der Waals surface area (Å²) in [6, 6.07) is 0. The molecule has 0 radical (unpaired) electrons. The van der Waals surface area contributed by atoms with Crippen LogP contribution in [0.25, 0.3) is 0 Å². The zero-order valence-electron chi connectivity index (χ0n) is 12.6. The number of hydrogen-bond donors (Lipinski definition) is 1. The maximum atomic E-state index is 12.6. The Hall–Kier alpha value is -0.960. The first kappa shape index (κ1) is 16.4. The molecule has 7 nitrogen and oxygen atoms in total. The first-order valence-electron chi connectivity index (χ1n) is 7.45. The third kappa shape index (κ3) is 4.26. The van der Waals surface area contributed by atoms with E-state index >= 15 is 0 Å². The smallest absolute Gasteiger partial charge is 0.246 e. The van der Waals surface area contributed by atoms with Crippen molar-refractivity contribution >= 4 is 10.0 Å². The Morgan fingerprint density at radius 3 is 2.71 bits per heavy atom. The molecule has 1 aliphatic rings. The van der Waals surface area contributed by atoms with Gasteiger partial charge >= 0.3 is 0 Å². The lowest BCUT2D eigenvalue weighted by Crippen LogP contribution is -2.35. The van der Waals surface area contributed by atoms with E-state index in [1.165, 1.54) is 10.9 Å². The van der Waals surface area contributed by atoms with Crippen molar-refractivity contribution in [2.45, 2.75) is 24.2 Å². The van der Waals surface area contributed by atoms with Crippen LogP contribution in [0.3, 0.4) is 0 Å². The summed E-state index contributed by atoms with van der Waals surface area (Å²) < 4.78 is 28.2. The van der Waals surface area contributed by atoms with Gasteiger partial charge in [-0.15, -0.1) is 0 Å². The second-order valence-electron chi connectivity index (χ2n) is 5.44. The number of nitrogens with zero attached hydrogens (tertiary/aromatic N) is 4. The fraction of sp³-hybridized carbons (Fsp3) is 0.769. The van der Waals surface area contributed by atoms with Crippen molar-refractivity contribution in [3.63, 3.8) is 0 Å². The van der Waals surface area contributed by atoms with Crippen LogP contribution in [0.5, 0.6) is 0 Å². The molecule has 0 aromatic carbocycles. The summed E-state index contributed by atoms with van der Waals surface area (Å²) in [6.45, 7) is 4.56.